The molecule has 0 N–H and O–H groups in total. The summed E-state index contributed by atoms with van der Waals surface area (Å²) in [5.74, 6) is 0.469. The van der Waals surface area contributed by atoms with Gasteiger partial charge in [0.2, 0.25) is 0 Å². The van der Waals surface area contributed by atoms with Gasteiger partial charge in [0.05, 0.1) is 5.92 Å². The first kappa shape index (κ1) is 10.8. The Bertz CT molecular complexity index is 414. The molecule has 0 spiro atoms. The fourth-order valence-corrected chi connectivity index (χ4v) is 3.74. The molecular formula is C13H16O4. The summed E-state index contributed by atoms with van der Waals surface area (Å²) in [5, 5.41) is 0. The lowest BCUT2D eigenvalue weighted by Gasteiger charge is -2.25. The molecule has 2 saturated carbocycles. The zero-order valence-electron chi connectivity index (χ0n) is 10.0. The summed E-state index contributed by atoms with van der Waals surface area (Å²) in [6.45, 7) is 7.32. The SMILES string of the molecule is C=C(C)C(=O)OC1C2OC(=O)C3CC1[C@H](C)C32. The largest absolute Gasteiger partial charge is 0.458 e. The second kappa shape index (κ2) is 3.34. The highest BCUT2D eigenvalue weighted by Gasteiger charge is 2.66. The average Bonchev–Trinajstić information content (AvgIpc) is 2.80. The van der Waals surface area contributed by atoms with E-state index in [1.54, 1.807) is 6.92 Å². The van der Waals surface area contributed by atoms with E-state index in [1.165, 1.54) is 0 Å². The number of carbonyl (C=O) groups excluding carboxylic acids is 2. The summed E-state index contributed by atoms with van der Waals surface area (Å²) < 4.78 is 10.8. The number of rotatable bonds is 2. The van der Waals surface area contributed by atoms with Crippen LogP contribution in [0.25, 0.3) is 0 Å². The van der Waals surface area contributed by atoms with Gasteiger partial charge in [-0.05, 0) is 19.3 Å². The van der Waals surface area contributed by atoms with Crippen LogP contribution in [-0.4, -0.2) is 24.1 Å². The van der Waals surface area contributed by atoms with Gasteiger partial charge >= 0.3 is 11.9 Å². The summed E-state index contributed by atoms with van der Waals surface area (Å²) in [6.07, 6.45) is 0.321. The highest BCUT2D eigenvalue weighted by atomic mass is 16.6. The van der Waals surface area contributed by atoms with Crippen LogP contribution in [0.15, 0.2) is 12.2 Å². The Morgan fingerprint density at radius 2 is 2.24 bits per heavy atom. The molecule has 4 nitrogen and oxygen atoms in total. The number of esters is 2. The minimum absolute atomic E-state index is 0.0415. The first-order valence-electron chi connectivity index (χ1n) is 6.07. The smallest absolute Gasteiger partial charge is 0.333 e. The highest BCUT2D eigenvalue weighted by molar-refractivity contribution is 5.87. The Labute approximate surface area is 100.0 Å². The molecule has 3 aliphatic rings. The molecule has 92 valence electrons. The lowest BCUT2D eigenvalue weighted by Crippen LogP contribution is -2.36. The Kier molecular flexibility index (Phi) is 2.12. The number of hydrogen-bond donors (Lipinski definition) is 0. The van der Waals surface area contributed by atoms with Crippen LogP contribution in [0.5, 0.6) is 0 Å². The van der Waals surface area contributed by atoms with Gasteiger partial charge in [0.1, 0.15) is 12.2 Å². The van der Waals surface area contributed by atoms with Gasteiger partial charge in [0.15, 0.2) is 0 Å². The topological polar surface area (TPSA) is 52.6 Å². The second-order valence-electron chi connectivity index (χ2n) is 5.49. The number of carbonyl (C=O) groups is 2. The molecule has 2 bridgehead atoms. The lowest BCUT2D eigenvalue weighted by atomic mass is 9.88. The summed E-state index contributed by atoms with van der Waals surface area (Å²) in [7, 11) is 0. The zero-order chi connectivity index (χ0) is 12.3. The normalized spacial score (nSPS) is 45.9. The molecule has 3 rings (SSSR count). The summed E-state index contributed by atoms with van der Waals surface area (Å²) in [5.41, 5.74) is 0.390. The van der Waals surface area contributed by atoms with E-state index in [0.717, 1.165) is 6.42 Å². The molecule has 17 heavy (non-hydrogen) atoms. The van der Waals surface area contributed by atoms with Gasteiger partial charge in [-0.25, -0.2) is 4.79 Å². The van der Waals surface area contributed by atoms with Crippen LogP contribution in [0.4, 0.5) is 0 Å². The van der Waals surface area contributed by atoms with Crippen LogP contribution in [-0.2, 0) is 19.1 Å². The standard InChI is InChI=1S/C13H16O4/c1-5(2)12(14)16-10-7-4-8-9(6(7)3)11(10)17-13(8)15/h6-11H,1,4H2,2-3H3/t6-,7?,8?,9?,10?,11?/m0/s1. The van der Waals surface area contributed by atoms with Gasteiger partial charge in [-0.1, -0.05) is 13.5 Å². The highest BCUT2D eigenvalue weighted by Crippen LogP contribution is 2.58. The van der Waals surface area contributed by atoms with Crippen molar-refractivity contribution in [1.82, 2.24) is 0 Å². The fraction of sp³-hybridized carbons (Fsp3) is 0.692. The van der Waals surface area contributed by atoms with Gasteiger partial charge in [-0.15, -0.1) is 0 Å². The van der Waals surface area contributed by atoms with Crippen molar-refractivity contribution in [3.8, 4) is 0 Å². The van der Waals surface area contributed by atoms with Gasteiger partial charge in [-0.2, -0.15) is 0 Å². The van der Waals surface area contributed by atoms with Crippen molar-refractivity contribution in [3.05, 3.63) is 12.2 Å². The summed E-state index contributed by atoms with van der Waals surface area (Å²) >= 11 is 0. The molecular weight excluding hydrogens is 220 g/mol. The molecule has 2 aliphatic carbocycles. The van der Waals surface area contributed by atoms with E-state index in [1.807, 2.05) is 0 Å². The summed E-state index contributed by atoms with van der Waals surface area (Å²) in [4.78, 5) is 23.2. The molecule has 0 aromatic carbocycles. The molecule has 3 fully saturated rings. The maximum absolute atomic E-state index is 11.6. The number of ether oxygens (including phenoxy) is 2. The average molecular weight is 236 g/mol. The summed E-state index contributed by atoms with van der Waals surface area (Å²) in [6, 6.07) is 0. The van der Waals surface area contributed by atoms with Crippen LogP contribution < -0.4 is 0 Å². The van der Waals surface area contributed by atoms with Crippen LogP contribution in [0.1, 0.15) is 20.3 Å². The third-order valence-corrected chi connectivity index (χ3v) is 4.54. The number of hydrogen-bond acceptors (Lipinski definition) is 4. The van der Waals surface area contributed by atoms with E-state index in [9.17, 15) is 9.59 Å². The predicted octanol–water partition coefficient (Wildman–Crippen LogP) is 1.30. The predicted molar refractivity (Wildman–Crippen MR) is 58.8 cm³/mol. The molecule has 0 radical (unpaired) electrons. The van der Waals surface area contributed by atoms with E-state index in [2.05, 4.69) is 13.5 Å². The van der Waals surface area contributed by atoms with Crippen molar-refractivity contribution in [3.63, 3.8) is 0 Å². The van der Waals surface area contributed by atoms with Crippen LogP contribution in [0.3, 0.4) is 0 Å². The number of fused-ring (bicyclic) bond motifs is 1. The third kappa shape index (κ3) is 1.30. The first-order valence-corrected chi connectivity index (χ1v) is 6.07. The molecule has 1 aliphatic heterocycles. The van der Waals surface area contributed by atoms with E-state index in [-0.39, 0.29) is 41.9 Å². The van der Waals surface area contributed by atoms with Crippen molar-refractivity contribution in [2.24, 2.45) is 23.7 Å². The van der Waals surface area contributed by atoms with Gasteiger partial charge in [0, 0.05) is 17.4 Å². The van der Waals surface area contributed by atoms with Crippen LogP contribution in [0, 0.1) is 23.7 Å². The maximum Gasteiger partial charge on any atom is 0.333 e. The molecule has 0 aromatic heterocycles. The molecule has 4 heteroatoms. The van der Waals surface area contributed by atoms with E-state index >= 15 is 0 Å². The fourth-order valence-electron chi connectivity index (χ4n) is 3.74. The van der Waals surface area contributed by atoms with Gasteiger partial charge < -0.3 is 9.47 Å². The quantitative estimate of drug-likeness (QED) is 0.535. The molecule has 6 atom stereocenters. The Morgan fingerprint density at radius 1 is 1.53 bits per heavy atom. The minimum Gasteiger partial charge on any atom is -0.458 e. The molecule has 1 saturated heterocycles. The van der Waals surface area contributed by atoms with Gasteiger partial charge in [0.25, 0.3) is 0 Å². The van der Waals surface area contributed by atoms with E-state index in [0.29, 0.717) is 11.5 Å². The zero-order valence-corrected chi connectivity index (χ0v) is 10.0. The maximum atomic E-state index is 11.6. The van der Waals surface area contributed by atoms with Crippen molar-refractivity contribution < 1.29 is 19.1 Å². The van der Waals surface area contributed by atoms with E-state index < -0.39 is 0 Å². The Hall–Kier alpha value is -1.32. The molecule has 0 aromatic rings. The van der Waals surface area contributed by atoms with Crippen LogP contribution >= 0.6 is 0 Å². The van der Waals surface area contributed by atoms with Gasteiger partial charge in [-0.3, -0.25) is 4.79 Å². The second-order valence-corrected chi connectivity index (χ2v) is 5.49. The van der Waals surface area contributed by atoms with Crippen molar-refractivity contribution in [2.45, 2.75) is 32.5 Å². The van der Waals surface area contributed by atoms with Crippen LogP contribution in [0.2, 0.25) is 0 Å². The Balaban J connectivity index is 1.83. The minimum atomic E-state index is -0.380. The lowest BCUT2D eigenvalue weighted by molar-refractivity contribution is -0.158. The van der Waals surface area contributed by atoms with Crippen molar-refractivity contribution in [2.75, 3.05) is 0 Å². The molecule has 5 unspecified atom stereocenters. The monoisotopic (exact) mass is 236 g/mol. The third-order valence-electron chi connectivity index (χ3n) is 4.54. The van der Waals surface area contributed by atoms with E-state index in [4.69, 9.17) is 9.47 Å². The molecule has 1 heterocycles. The molecule has 0 amide bonds. The van der Waals surface area contributed by atoms with Crippen molar-refractivity contribution in [1.29, 1.82) is 0 Å². The van der Waals surface area contributed by atoms with Crippen molar-refractivity contribution >= 4 is 11.9 Å². The first-order chi connectivity index (χ1) is 8.00. The Morgan fingerprint density at radius 3 is 2.88 bits per heavy atom.